The minimum absolute atomic E-state index is 0.0403. The van der Waals surface area contributed by atoms with Crippen LogP contribution in [0.3, 0.4) is 0 Å². The van der Waals surface area contributed by atoms with E-state index in [-0.39, 0.29) is 17.7 Å². The zero-order valence-electron chi connectivity index (χ0n) is 7.97. The normalized spacial score (nSPS) is 18.2. The van der Waals surface area contributed by atoms with E-state index >= 15 is 0 Å². The second kappa shape index (κ2) is 3.66. The molecule has 1 aromatic heterocycles. The first-order valence-electron chi connectivity index (χ1n) is 4.51. The monoisotopic (exact) mass is 267 g/mol. The van der Waals surface area contributed by atoms with Gasteiger partial charge in [0.25, 0.3) is 5.91 Å². The molecule has 1 heterocycles. The summed E-state index contributed by atoms with van der Waals surface area (Å²) in [4.78, 5) is 12.4. The Morgan fingerprint density at radius 3 is 2.50 bits per heavy atom. The molecule has 0 bridgehead atoms. The van der Waals surface area contributed by atoms with Gasteiger partial charge in [-0.15, -0.1) is 24.0 Å². The highest BCUT2D eigenvalue weighted by atomic mass is 32.1. The lowest BCUT2D eigenvalue weighted by Crippen LogP contribution is -2.47. The molecule has 0 radical (unpaired) electrons. The highest BCUT2D eigenvalue weighted by Gasteiger charge is 2.64. The topological polar surface area (TPSA) is 29.1 Å². The summed E-state index contributed by atoms with van der Waals surface area (Å²) >= 11 is 5.07. The summed E-state index contributed by atoms with van der Waals surface area (Å²) in [5.41, 5.74) is -2.00. The lowest BCUT2D eigenvalue weighted by Gasteiger charge is -2.20. The van der Waals surface area contributed by atoms with Crippen LogP contribution in [-0.2, 0) is 0 Å². The third-order valence-corrected chi connectivity index (χ3v) is 3.82. The van der Waals surface area contributed by atoms with Gasteiger partial charge in [0.1, 0.15) is 5.54 Å². The minimum Gasteiger partial charge on any atom is -0.337 e. The third kappa shape index (κ3) is 2.06. The van der Waals surface area contributed by atoms with Gasteiger partial charge < -0.3 is 5.32 Å². The molecule has 0 aliphatic heterocycles. The number of amides is 1. The fourth-order valence-corrected chi connectivity index (χ4v) is 2.37. The fraction of sp³-hybridized carbons (Fsp3) is 0.444. The number of hydrogen-bond acceptors (Lipinski definition) is 3. The number of halogens is 3. The van der Waals surface area contributed by atoms with E-state index in [2.05, 4.69) is 12.6 Å². The molecule has 1 aromatic rings. The molecule has 2 rings (SSSR count). The van der Waals surface area contributed by atoms with Gasteiger partial charge in [0.05, 0.1) is 4.88 Å². The largest absolute Gasteiger partial charge is 0.411 e. The van der Waals surface area contributed by atoms with Crippen molar-refractivity contribution in [1.82, 2.24) is 5.32 Å². The van der Waals surface area contributed by atoms with Crippen LogP contribution < -0.4 is 5.32 Å². The van der Waals surface area contributed by atoms with Crippen LogP contribution in [0.4, 0.5) is 13.2 Å². The second-order valence-electron chi connectivity index (χ2n) is 3.70. The van der Waals surface area contributed by atoms with E-state index < -0.39 is 17.6 Å². The Balaban J connectivity index is 2.09. The zero-order chi connectivity index (χ0) is 12.0. The van der Waals surface area contributed by atoms with Crippen LogP contribution >= 0.6 is 24.0 Å². The first kappa shape index (κ1) is 11.8. The Morgan fingerprint density at radius 1 is 1.50 bits per heavy atom. The number of rotatable bonds is 2. The smallest absolute Gasteiger partial charge is 0.337 e. The number of thiophene rings is 1. The molecule has 0 unspecified atom stereocenters. The minimum atomic E-state index is -4.37. The number of thiol groups is 1. The number of carbonyl (C=O) groups excluding carboxylic acids is 1. The third-order valence-electron chi connectivity index (χ3n) is 2.45. The van der Waals surface area contributed by atoms with E-state index in [1.165, 1.54) is 6.07 Å². The van der Waals surface area contributed by atoms with Gasteiger partial charge in [-0.2, -0.15) is 13.2 Å². The van der Waals surface area contributed by atoms with Crippen molar-refractivity contribution in [3.63, 3.8) is 0 Å². The van der Waals surface area contributed by atoms with E-state index in [0.29, 0.717) is 4.90 Å². The Morgan fingerprint density at radius 2 is 2.12 bits per heavy atom. The summed E-state index contributed by atoms with van der Waals surface area (Å²) in [6, 6.07) is 1.45. The molecule has 0 atom stereocenters. The van der Waals surface area contributed by atoms with Crippen LogP contribution in [0.25, 0.3) is 0 Å². The number of hydrogen-bond donors (Lipinski definition) is 2. The quantitative estimate of drug-likeness (QED) is 0.793. The summed E-state index contributed by atoms with van der Waals surface area (Å²) < 4.78 is 37.7. The van der Waals surface area contributed by atoms with Crippen LogP contribution in [0, 0.1) is 0 Å². The lowest BCUT2D eigenvalue weighted by atomic mass is 10.2. The molecule has 1 N–H and O–H groups in total. The standard InChI is InChI=1S/C9H8F3NOS2/c10-9(11,12)8(1-2-8)13-7(14)6-3-5(15)4-16-6/h3-4,15H,1-2H2,(H,13,14). The van der Waals surface area contributed by atoms with Gasteiger partial charge in [-0.05, 0) is 18.9 Å². The number of nitrogens with one attached hydrogen (secondary N) is 1. The predicted molar refractivity (Wildman–Crippen MR) is 57.1 cm³/mol. The molecule has 1 saturated carbocycles. The van der Waals surface area contributed by atoms with E-state index in [1.54, 1.807) is 5.38 Å². The van der Waals surface area contributed by atoms with Crippen LogP contribution in [0.2, 0.25) is 0 Å². The fourth-order valence-electron chi connectivity index (χ4n) is 1.33. The summed E-state index contributed by atoms with van der Waals surface area (Å²) in [7, 11) is 0. The molecule has 1 fully saturated rings. The van der Waals surface area contributed by atoms with Gasteiger partial charge in [-0.25, -0.2) is 0 Å². The number of alkyl halides is 3. The van der Waals surface area contributed by atoms with Gasteiger partial charge in [-0.1, -0.05) is 0 Å². The molecule has 0 aromatic carbocycles. The molecule has 1 amide bonds. The number of carbonyl (C=O) groups is 1. The molecule has 2 nitrogen and oxygen atoms in total. The van der Waals surface area contributed by atoms with Crippen LogP contribution in [0.15, 0.2) is 16.3 Å². The van der Waals surface area contributed by atoms with Crippen molar-refractivity contribution in [2.75, 3.05) is 0 Å². The van der Waals surface area contributed by atoms with Crippen molar-refractivity contribution in [2.24, 2.45) is 0 Å². The van der Waals surface area contributed by atoms with Crippen molar-refractivity contribution in [1.29, 1.82) is 0 Å². The Kier molecular flexibility index (Phi) is 2.70. The average Bonchev–Trinajstić information content (AvgIpc) is 2.81. The Hall–Kier alpha value is -0.690. The van der Waals surface area contributed by atoms with Gasteiger partial charge >= 0.3 is 6.18 Å². The maximum Gasteiger partial charge on any atom is 0.411 e. The first-order chi connectivity index (χ1) is 7.34. The van der Waals surface area contributed by atoms with Crippen LogP contribution in [-0.4, -0.2) is 17.6 Å². The molecular weight excluding hydrogens is 259 g/mol. The van der Waals surface area contributed by atoms with Crippen molar-refractivity contribution in [2.45, 2.75) is 29.5 Å². The van der Waals surface area contributed by atoms with Gasteiger partial charge in [0.2, 0.25) is 0 Å². The predicted octanol–water partition coefficient (Wildman–Crippen LogP) is 2.86. The summed E-state index contributed by atoms with van der Waals surface area (Å²) in [6.45, 7) is 0. The van der Waals surface area contributed by atoms with E-state index in [4.69, 9.17) is 0 Å². The zero-order valence-corrected chi connectivity index (χ0v) is 9.68. The lowest BCUT2D eigenvalue weighted by molar-refractivity contribution is -0.163. The van der Waals surface area contributed by atoms with Crippen molar-refractivity contribution in [3.05, 3.63) is 16.3 Å². The van der Waals surface area contributed by atoms with Gasteiger partial charge in [0.15, 0.2) is 0 Å². The molecular formula is C9H8F3NOS2. The van der Waals surface area contributed by atoms with Crippen molar-refractivity contribution in [3.8, 4) is 0 Å². The van der Waals surface area contributed by atoms with Crippen molar-refractivity contribution < 1.29 is 18.0 Å². The molecule has 0 spiro atoms. The molecule has 0 saturated heterocycles. The maximum absolute atomic E-state index is 12.6. The average molecular weight is 267 g/mol. The summed E-state index contributed by atoms with van der Waals surface area (Å²) in [6.07, 6.45) is -4.45. The molecule has 16 heavy (non-hydrogen) atoms. The Labute approximate surface area is 99.3 Å². The van der Waals surface area contributed by atoms with E-state index in [9.17, 15) is 18.0 Å². The summed E-state index contributed by atoms with van der Waals surface area (Å²) in [5, 5.41) is 3.65. The first-order valence-corrected chi connectivity index (χ1v) is 5.83. The summed E-state index contributed by atoms with van der Waals surface area (Å²) in [5.74, 6) is -0.680. The van der Waals surface area contributed by atoms with Gasteiger partial charge in [0, 0.05) is 10.3 Å². The molecule has 1 aliphatic rings. The maximum atomic E-state index is 12.6. The van der Waals surface area contributed by atoms with Crippen LogP contribution in [0.5, 0.6) is 0 Å². The molecule has 1 aliphatic carbocycles. The van der Waals surface area contributed by atoms with Crippen LogP contribution in [0.1, 0.15) is 22.5 Å². The highest BCUT2D eigenvalue weighted by molar-refractivity contribution is 7.80. The van der Waals surface area contributed by atoms with Crippen molar-refractivity contribution >= 4 is 29.9 Å². The molecule has 88 valence electrons. The molecule has 7 heteroatoms. The second-order valence-corrected chi connectivity index (χ2v) is 5.13. The van der Waals surface area contributed by atoms with Gasteiger partial charge in [-0.3, -0.25) is 4.79 Å². The SMILES string of the molecule is O=C(NC1(C(F)(F)F)CC1)c1cc(S)cs1. The van der Waals surface area contributed by atoms with E-state index in [0.717, 1.165) is 11.3 Å². The highest BCUT2D eigenvalue weighted by Crippen LogP contribution is 2.49. The Bertz CT molecular complexity index is 423. The van der Waals surface area contributed by atoms with E-state index in [1.807, 2.05) is 5.32 Å².